The maximum absolute atomic E-state index is 6.46. The second-order valence-electron chi connectivity index (χ2n) is 1.73. The van der Waals surface area contributed by atoms with E-state index in [1.165, 1.54) is 6.20 Å². The number of aromatic nitrogens is 2. The SMILES string of the molecule is [C-]#[N+]/C=C/c1ccc(Cl)nn1. The summed E-state index contributed by atoms with van der Waals surface area (Å²) in [4.78, 5) is 3.02. The number of hydrogen-bond acceptors (Lipinski definition) is 2. The van der Waals surface area contributed by atoms with Gasteiger partial charge in [-0.15, -0.1) is 5.10 Å². The quantitative estimate of drug-likeness (QED) is 0.596. The van der Waals surface area contributed by atoms with Crippen molar-refractivity contribution in [3.63, 3.8) is 0 Å². The molecular formula is C7H4ClN3. The number of rotatable bonds is 1. The first-order valence-corrected chi connectivity index (χ1v) is 3.23. The Morgan fingerprint density at radius 2 is 2.27 bits per heavy atom. The second-order valence-corrected chi connectivity index (χ2v) is 2.11. The van der Waals surface area contributed by atoms with Gasteiger partial charge in [-0.05, 0) is 18.2 Å². The van der Waals surface area contributed by atoms with E-state index in [-0.39, 0.29) is 0 Å². The molecule has 1 aromatic rings. The van der Waals surface area contributed by atoms with E-state index in [4.69, 9.17) is 18.2 Å². The highest BCUT2D eigenvalue weighted by Crippen LogP contribution is 2.02. The predicted octanol–water partition coefficient (Wildman–Crippen LogP) is 2.02. The van der Waals surface area contributed by atoms with E-state index in [1.807, 2.05) is 0 Å². The Hall–Kier alpha value is -1.40. The van der Waals surface area contributed by atoms with Gasteiger partial charge in [0.2, 0.25) is 0 Å². The molecule has 1 aromatic heterocycles. The highest BCUT2D eigenvalue weighted by molar-refractivity contribution is 6.29. The molecule has 0 aliphatic rings. The van der Waals surface area contributed by atoms with Crippen LogP contribution in [0, 0.1) is 6.57 Å². The smallest absolute Gasteiger partial charge is 0.156 e. The molecule has 4 heteroatoms. The molecule has 0 aliphatic heterocycles. The average molecular weight is 166 g/mol. The summed E-state index contributed by atoms with van der Waals surface area (Å²) in [6.07, 6.45) is 2.88. The second kappa shape index (κ2) is 3.69. The molecule has 0 saturated heterocycles. The number of hydrogen-bond donors (Lipinski definition) is 0. The molecule has 54 valence electrons. The van der Waals surface area contributed by atoms with Crippen LogP contribution in [0.5, 0.6) is 0 Å². The Kier molecular flexibility index (Phi) is 2.59. The number of nitrogens with zero attached hydrogens (tertiary/aromatic N) is 3. The minimum atomic E-state index is 0.352. The van der Waals surface area contributed by atoms with E-state index >= 15 is 0 Å². The lowest BCUT2D eigenvalue weighted by molar-refractivity contribution is 1.02. The van der Waals surface area contributed by atoms with Crippen LogP contribution in [-0.4, -0.2) is 10.2 Å². The minimum Gasteiger partial charge on any atom is -0.246 e. The van der Waals surface area contributed by atoms with Crippen molar-refractivity contribution in [1.29, 1.82) is 0 Å². The molecule has 0 bridgehead atoms. The monoisotopic (exact) mass is 165 g/mol. The van der Waals surface area contributed by atoms with Crippen molar-refractivity contribution in [2.24, 2.45) is 0 Å². The molecule has 0 saturated carbocycles. The summed E-state index contributed by atoms with van der Waals surface area (Å²) in [5, 5.41) is 7.65. The third-order valence-corrected chi connectivity index (χ3v) is 1.17. The fourth-order valence-electron chi connectivity index (χ4n) is 0.529. The zero-order valence-electron chi connectivity index (χ0n) is 5.53. The van der Waals surface area contributed by atoms with Crippen LogP contribution in [0.3, 0.4) is 0 Å². The molecule has 0 aromatic carbocycles. The van der Waals surface area contributed by atoms with Gasteiger partial charge in [-0.2, -0.15) is 5.10 Å². The Bertz CT molecular complexity index is 296. The van der Waals surface area contributed by atoms with Crippen molar-refractivity contribution in [2.75, 3.05) is 0 Å². The van der Waals surface area contributed by atoms with E-state index in [9.17, 15) is 0 Å². The van der Waals surface area contributed by atoms with Gasteiger partial charge in [0.25, 0.3) is 0 Å². The van der Waals surface area contributed by atoms with Crippen molar-refractivity contribution in [2.45, 2.75) is 0 Å². The van der Waals surface area contributed by atoms with Gasteiger partial charge < -0.3 is 0 Å². The van der Waals surface area contributed by atoms with Crippen LogP contribution in [0.1, 0.15) is 5.69 Å². The number of halogens is 1. The summed E-state index contributed by atoms with van der Waals surface area (Å²) >= 11 is 5.49. The van der Waals surface area contributed by atoms with Gasteiger partial charge in [0, 0.05) is 0 Å². The third-order valence-electron chi connectivity index (χ3n) is 0.972. The third kappa shape index (κ3) is 2.36. The van der Waals surface area contributed by atoms with Crippen LogP contribution < -0.4 is 0 Å². The zero-order valence-corrected chi connectivity index (χ0v) is 6.28. The normalized spacial score (nSPS) is 9.82. The predicted molar refractivity (Wildman–Crippen MR) is 42.7 cm³/mol. The molecular weight excluding hydrogens is 162 g/mol. The first-order chi connectivity index (χ1) is 5.33. The average Bonchev–Trinajstić information content (AvgIpc) is 2.04. The lowest BCUT2D eigenvalue weighted by Gasteiger charge is -1.88. The largest absolute Gasteiger partial charge is 0.246 e. The van der Waals surface area contributed by atoms with Gasteiger partial charge in [0.15, 0.2) is 11.4 Å². The van der Waals surface area contributed by atoms with Crippen molar-refractivity contribution in [3.05, 3.63) is 40.6 Å². The molecule has 0 unspecified atom stereocenters. The molecule has 0 radical (unpaired) electrons. The maximum atomic E-state index is 6.46. The Balaban J connectivity index is 2.84. The standard InChI is InChI=1S/C7H4ClN3/c1-9-5-4-6-2-3-7(8)11-10-6/h2-5H/b5-4+. The molecule has 0 spiro atoms. The van der Waals surface area contributed by atoms with Crippen LogP contribution in [0.4, 0.5) is 0 Å². The lowest BCUT2D eigenvalue weighted by Crippen LogP contribution is -1.83. The van der Waals surface area contributed by atoms with Crippen molar-refractivity contribution >= 4 is 17.7 Å². The van der Waals surface area contributed by atoms with Crippen LogP contribution in [0.25, 0.3) is 10.9 Å². The van der Waals surface area contributed by atoms with Crippen LogP contribution >= 0.6 is 11.6 Å². The van der Waals surface area contributed by atoms with Crippen LogP contribution in [0.15, 0.2) is 18.3 Å². The summed E-state index contributed by atoms with van der Waals surface area (Å²) in [7, 11) is 0. The molecule has 1 heterocycles. The van der Waals surface area contributed by atoms with Gasteiger partial charge in [-0.3, -0.25) is 0 Å². The first-order valence-electron chi connectivity index (χ1n) is 2.85. The molecule has 0 atom stereocenters. The minimum absolute atomic E-state index is 0.352. The summed E-state index contributed by atoms with van der Waals surface area (Å²) in [6.45, 7) is 6.46. The van der Waals surface area contributed by atoms with Crippen molar-refractivity contribution < 1.29 is 0 Å². The molecule has 11 heavy (non-hydrogen) atoms. The topological polar surface area (TPSA) is 30.1 Å². The Morgan fingerprint density at radius 1 is 1.45 bits per heavy atom. The van der Waals surface area contributed by atoms with Gasteiger partial charge >= 0.3 is 0 Å². The van der Waals surface area contributed by atoms with Crippen molar-refractivity contribution in [1.82, 2.24) is 10.2 Å². The molecule has 0 aliphatic carbocycles. The molecule has 0 fully saturated rings. The molecule has 0 amide bonds. The fourth-order valence-corrected chi connectivity index (χ4v) is 0.630. The first kappa shape index (κ1) is 7.70. The lowest BCUT2D eigenvalue weighted by atomic mass is 10.4. The van der Waals surface area contributed by atoms with E-state index < -0.39 is 0 Å². The van der Waals surface area contributed by atoms with Gasteiger partial charge in [-0.1, -0.05) is 11.6 Å². The van der Waals surface area contributed by atoms with E-state index in [1.54, 1.807) is 18.2 Å². The summed E-state index contributed by atoms with van der Waals surface area (Å²) in [5.74, 6) is 0. The summed E-state index contributed by atoms with van der Waals surface area (Å²) < 4.78 is 0. The summed E-state index contributed by atoms with van der Waals surface area (Å²) in [6, 6.07) is 3.31. The van der Waals surface area contributed by atoms with Gasteiger partial charge in [0.1, 0.15) is 0 Å². The maximum Gasteiger partial charge on any atom is 0.156 e. The van der Waals surface area contributed by atoms with Crippen LogP contribution in [0.2, 0.25) is 5.15 Å². The van der Waals surface area contributed by atoms with Crippen molar-refractivity contribution in [3.8, 4) is 0 Å². The molecule has 0 N–H and O–H groups in total. The molecule has 3 nitrogen and oxygen atoms in total. The zero-order chi connectivity index (χ0) is 8.10. The Morgan fingerprint density at radius 3 is 2.82 bits per heavy atom. The summed E-state index contributed by atoms with van der Waals surface area (Å²) in [5.41, 5.74) is 0.630. The fraction of sp³-hybridized carbons (Fsp3) is 0. The van der Waals surface area contributed by atoms with Crippen LogP contribution in [-0.2, 0) is 0 Å². The Labute approximate surface area is 69.2 Å². The van der Waals surface area contributed by atoms with E-state index in [2.05, 4.69) is 15.0 Å². The van der Waals surface area contributed by atoms with E-state index in [0.29, 0.717) is 10.8 Å². The highest BCUT2D eigenvalue weighted by atomic mass is 35.5. The highest BCUT2D eigenvalue weighted by Gasteiger charge is 1.88. The van der Waals surface area contributed by atoms with Gasteiger partial charge in [0.05, 0.1) is 12.3 Å². The van der Waals surface area contributed by atoms with E-state index in [0.717, 1.165) is 0 Å². The molecule has 1 rings (SSSR count). The van der Waals surface area contributed by atoms with Gasteiger partial charge in [-0.25, -0.2) is 4.85 Å².